The van der Waals surface area contributed by atoms with Gasteiger partial charge >= 0.3 is 6.18 Å². The Morgan fingerprint density at radius 1 is 1.36 bits per heavy atom. The van der Waals surface area contributed by atoms with Crippen LogP contribution in [0.25, 0.3) is 11.5 Å². The van der Waals surface area contributed by atoms with Gasteiger partial charge in [0.25, 0.3) is 0 Å². The quantitative estimate of drug-likeness (QED) is 0.849. The highest BCUT2D eigenvalue weighted by molar-refractivity contribution is 5.49. The predicted octanol–water partition coefficient (Wildman–Crippen LogP) is 1.14. The number of methoxy groups -OCH3 is 1. The number of halogens is 3. The smallest absolute Gasteiger partial charge is 0.393 e. The van der Waals surface area contributed by atoms with Gasteiger partial charge in [0.1, 0.15) is 12.0 Å². The Labute approximate surface area is 140 Å². The highest BCUT2D eigenvalue weighted by Crippen LogP contribution is 2.37. The maximum absolute atomic E-state index is 13.0. The molecule has 1 N–H and O–H groups in total. The van der Waals surface area contributed by atoms with Crippen molar-refractivity contribution in [3.8, 4) is 17.4 Å². The molecule has 0 aromatic carbocycles. The number of hydrogen-bond acceptors (Lipinski definition) is 8. The number of hydrogen-bond donors (Lipinski definition) is 1. The molecular weight excluding hydrogens is 343 g/mol. The summed E-state index contributed by atoms with van der Waals surface area (Å²) < 4.78 is 49.1. The van der Waals surface area contributed by atoms with Crippen molar-refractivity contribution in [1.82, 2.24) is 25.0 Å². The lowest BCUT2D eigenvalue weighted by atomic mass is 9.97. The number of aromatic nitrogens is 4. The number of nitrogens with zero attached hydrogens (tertiary/aromatic N) is 5. The van der Waals surface area contributed by atoms with Crippen molar-refractivity contribution in [3.05, 3.63) is 18.3 Å². The summed E-state index contributed by atoms with van der Waals surface area (Å²) in [4.78, 5) is 13.6. The van der Waals surface area contributed by atoms with Crippen LogP contribution in [0.5, 0.6) is 5.88 Å². The number of alkyl halides is 3. The summed E-state index contributed by atoms with van der Waals surface area (Å²) in [7, 11) is 1.45. The predicted molar refractivity (Wildman–Crippen MR) is 77.3 cm³/mol. The molecule has 3 heterocycles. The van der Waals surface area contributed by atoms with E-state index < -0.39 is 24.6 Å². The van der Waals surface area contributed by atoms with E-state index in [9.17, 15) is 18.3 Å². The molecule has 1 aliphatic heterocycles. The lowest BCUT2D eigenvalue weighted by molar-refractivity contribution is -0.183. The minimum atomic E-state index is -4.35. The highest BCUT2D eigenvalue weighted by Gasteiger charge is 2.49. The summed E-state index contributed by atoms with van der Waals surface area (Å²) in [6.45, 7) is -0.553. The molecule has 8 nitrogen and oxygen atoms in total. The van der Waals surface area contributed by atoms with E-state index in [1.807, 2.05) is 0 Å². The maximum atomic E-state index is 13.0. The van der Waals surface area contributed by atoms with E-state index in [4.69, 9.17) is 9.26 Å². The van der Waals surface area contributed by atoms with Crippen molar-refractivity contribution < 1.29 is 27.5 Å². The van der Waals surface area contributed by atoms with E-state index in [1.54, 1.807) is 0 Å². The molecule has 0 radical (unpaired) electrons. The topological polar surface area (TPSA) is 97.4 Å². The zero-order valence-electron chi connectivity index (χ0n) is 13.3. The molecule has 2 atom stereocenters. The van der Waals surface area contributed by atoms with E-state index in [0.29, 0.717) is 11.6 Å². The Morgan fingerprint density at radius 3 is 2.80 bits per heavy atom. The Morgan fingerprint density at radius 2 is 2.16 bits per heavy atom. The van der Waals surface area contributed by atoms with Crippen LogP contribution in [0, 0.1) is 11.8 Å². The minimum absolute atomic E-state index is 0.0678. The number of rotatable bonds is 5. The molecule has 2 aromatic rings. The van der Waals surface area contributed by atoms with Gasteiger partial charge in [-0.05, 0) is 0 Å². The van der Waals surface area contributed by atoms with Gasteiger partial charge in [0, 0.05) is 31.7 Å². The molecule has 11 heteroatoms. The van der Waals surface area contributed by atoms with Crippen LogP contribution in [-0.4, -0.2) is 63.1 Å². The molecule has 1 fully saturated rings. The maximum Gasteiger partial charge on any atom is 0.393 e. The van der Waals surface area contributed by atoms with E-state index in [2.05, 4.69) is 20.1 Å². The van der Waals surface area contributed by atoms with E-state index in [0.717, 1.165) is 0 Å². The first-order chi connectivity index (χ1) is 11.9. The first kappa shape index (κ1) is 17.5. The van der Waals surface area contributed by atoms with Crippen LogP contribution in [0.15, 0.2) is 16.9 Å². The average molecular weight is 359 g/mol. The van der Waals surface area contributed by atoms with Crippen LogP contribution < -0.4 is 4.74 Å². The van der Waals surface area contributed by atoms with Crippen molar-refractivity contribution >= 4 is 0 Å². The third-order valence-electron chi connectivity index (χ3n) is 4.08. The fourth-order valence-electron chi connectivity index (χ4n) is 2.83. The molecule has 136 valence electrons. The average Bonchev–Trinajstić information content (AvgIpc) is 3.22. The lowest BCUT2D eigenvalue weighted by Crippen LogP contribution is -2.31. The molecule has 1 aliphatic rings. The van der Waals surface area contributed by atoms with Crippen LogP contribution in [-0.2, 0) is 6.54 Å². The Hall–Kier alpha value is -2.27. The third kappa shape index (κ3) is 3.87. The van der Waals surface area contributed by atoms with E-state index in [1.165, 1.54) is 24.4 Å². The third-order valence-corrected chi connectivity index (χ3v) is 4.08. The van der Waals surface area contributed by atoms with Crippen molar-refractivity contribution in [2.24, 2.45) is 11.8 Å². The number of aliphatic hydroxyl groups excluding tert-OH is 1. The van der Waals surface area contributed by atoms with Gasteiger partial charge in [-0.3, -0.25) is 4.90 Å². The molecular formula is C14H16F3N5O3. The number of aliphatic hydroxyl groups is 1. The van der Waals surface area contributed by atoms with Crippen LogP contribution in [0.1, 0.15) is 5.89 Å². The summed E-state index contributed by atoms with van der Waals surface area (Å²) in [5, 5.41) is 13.0. The zero-order chi connectivity index (χ0) is 18.0. The van der Waals surface area contributed by atoms with Gasteiger partial charge in [-0.2, -0.15) is 18.2 Å². The first-order valence-corrected chi connectivity index (χ1v) is 7.49. The highest BCUT2D eigenvalue weighted by atomic mass is 19.4. The fraction of sp³-hybridized carbons (Fsp3) is 0.571. The largest absolute Gasteiger partial charge is 0.481 e. The summed E-state index contributed by atoms with van der Waals surface area (Å²) in [6.07, 6.45) is -3.07. The first-order valence-electron chi connectivity index (χ1n) is 7.49. The summed E-state index contributed by atoms with van der Waals surface area (Å²) >= 11 is 0. The molecule has 0 saturated carbocycles. The van der Waals surface area contributed by atoms with E-state index >= 15 is 0 Å². The van der Waals surface area contributed by atoms with Crippen LogP contribution in [0.2, 0.25) is 0 Å². The molecule has 0 aliphatic carbocycles. The molecule has 0 unspecified atom stereocenters. The van der Waals surface area contributed by atoms with Crippen molar-refractivity contribution in [2.75, 3.05) is 26.8 Å². The van der Waals surface area contributed by atoms with Gasteiger partial charge in [0.05, 0.1) is 19.6 Å². The minimum Gasteiger partial charge on any atom is -0.481 e. The van der Waals surface area contributed by atoms with Gasteiger partial charge in [-0.25, -0.2) is 9.97 Å². The van der Waals surface area contributed by atoms with Crippen LogP contribution in [0.4, 0.5) is 13.2 Å². The summed E-state index contributed by atoms with van der Waals surface area (Å²) in [5.41, 5.74) is 0.379. The molecule has 25 heavy (non-hydrogen) atoms. The molecule has 0 bridgehead atoms. The van der Waals surface area contributed by atoms with Gasteiger partial charge in [-0.1, -0.05) is 5.16 Å². The summed E-state index contributed by atoms with van der Waals surface area (Å²) in [6, 6.07) is 1.52. The molecule has 0 spiro atoms. The molecule has 3 rings (SSSR count). The molecule has 2 aromatic heterocycles. The van der Waals surface area contributed by atoms with Crippen LogP contribution >= 0.6 is 0 Å². The second-order valence-electron chi connectivity index (χ2n) is 5.74. The second-order valence-corrected chi connectivity index (χ2v) is 5.74. The lowest BCUT2D eigenvalue weighted by Gasteiger charge is -2.19. The summed E-state index contributed by atoms with van der Waals surface area (Å²) in [5.74, 6) is -1.72. The van der Waals surface area contributed by atoms with Gasteiger partial charge in [-0.15, -0.1) is 0 Å². The standard InChI is InChI=1S/C14H16F3N5O3/c1-24-11-2-10(18-7-19-11)13-20-12(25-21-13)5-22-3-8(6-23)9(4-22)14(15,16)17/h2,7-9,23H,3-6H2,1H3/t8-,9+/m0/s1. The van der Waals surface area contributed by atoms with Gasteiger partial charge in [0.15, 0.2) is 0 Å². The molecule has 0 amide bonds. The molecule has 1 saturated heterocycles. The fourth-order valence-corrected chi connectivity index (χ4v) is 2.83. The van der Waals surface area contributed by atoms with Crippen molar-refractivity contribution in [1.29, 1.82) is 0 Å². The number of likely N-dealkylation sites (tertiary alicyclic amines) is 1. The Kier molecular flexibility index (Phi) is 4.86. The number of ether oxygens (including phenoxy) is 1. The Balaban J connectivity index is 1.69. The van der Waals surface area contributed by atoms with Crippen LogP contribution in [0.3, 0.4) is 0 Å². The monoisotopic (exact) mass is 359 g/mol. The zero-order valence-corrected chi connectivity index (χ0v) is 13.3. The second kappa shape index (κ2) is 6.92. The van der Waals surface area contributed by atoms with Crippen molar-refractivity contribution in [2.45, 2.75) is 12.7 Å². The van der Waals surface area contributed by atoms with Crippen molar-refractivity contribution in [3.63, 3.8) is 0 Å². The Bertz CT molecular complexity index is 724. The SMILES string of the molecule is COc1cc(-c2noc(CN3C[C@@H](CO)[C@H](C(F)(F)F)C3)n2)ncn1. The van der Waals surface area contributed by atoms with E-state index in [-0.39, 0.29) is 31.3 Å². The van der Waals surface area contributed by atoms with Gasteiger partial charge in [0.2, 0.25) is 17.6 Å². The normalized spacial score (nSPS) is 21.6. The van der Waals surface area contributed by atoms with Gasteiger partial charge < -0.3 is 14.4 Å².